The maximum Gasteiger partial charge on any atom is 0.424 e. The van der Waals surface area contributed by atoms with Gasteiger partial charge in [0.25, 0.3) is 5.91 Å². The Labute approximate surface area is 252 Å². The number of alkyl halides is 3. The predicted octanol–water partition coefficient (Wildman–Crippen LogP) is 2.65. The molecule has 7 N–H and O–H groups in total. The van der Waals surface area contributed by atoms with Gasteiger partial charge in [-0.3, -0.25) is 19.4 Å². The highest BCUT2D eigenvalue weighted by Crippen LogP contribution is 2.47. The molecule has 0 aliphatic carbocycles. The van der Waals surface area contributed by atoms with Gasteiger partial charge in [-0.05, 0) is 55.5 Å². The number of nitrogens with zero attached hydrogens (tertiary/aromatic N) is 2. The number of fused-ring (bicyclic) bond motifs is 2. The third-order valence-electron chi connectivity index (χ3n) is 7.55. The molecule has 3 heterocycles. The van der Waals surface area contributed by atoms with E-state index in [1.54, 1.807) is 12.1 Å². The number of ether oxygens (including phenoxy) is 1. The van der Waals surface area contributed by atoms with Crippen LogP contribution in [-0.2, 0) is 20.6 Å². The van der Waals surface area contributed by atoms with E-state index in [-0.39, 0.29) is 47.0 Å². The van der Waals surface area contributed by atoms with Gasteiger partial charge in [-0.1, -0.05) is 6.07 Å². The van der Waals surface area contributed by atoms with E-state index in [2.05, 4.69) is 20.6 Å². The molecule has 2 aromatic heterocycles. The van der Waals surface area contributed by atoms with Crippen molar-refractivity contribution in [2.24, 2.45) is 11.5 Å². The molecule has 0 saturated carbocycles. The second-order valence-corrected chi connectivity index (χ2v) is 10.7. The molecular weight excluding hydrogens is 600 g/mol. The van der Waals surface area contributed by atoms with E-state index in [0.717, 1.165) is 18.2 Å². The molecule has 2 atom stereocenters. The van der Waals surface area contributed by atoms with Crippen molar-refractivity contribution in [3.8, 4) is 17.0 Å². The third-order valence-corrected chi connectivity index (χ3v) is 7.55. The van der Waals surface area contributed by atoms with Crippen LogP contribution in [0.15, 0.2) is 60.8 Å². The van der Waals surface area contributed by atoms with Crippen molar-refractivity contribution in [1.82, 2.24) is 15.3 Å². The summed E-state index contributed by atoms with van der Waals surface area (Å²) in [6, 6.07) is 11.3. The van der Waals surface area contributed by atoms with Crippen molar-refractivity contribution in [1.29, 1.82) is 0 Å². The molecule has 3 amide bonds. The van der Waals surface area contributed by atoms with Crippen LogP contribution in [0.5, 0.6) is 5.75 Å². The zero-order valence-electron chi connectivity index (χ0n) is 23.5. The van der Waals surface area contributed by atoms with Crippen molar-refractivity contribution in [2.45, 2.75) is 24.1 Å². The Kier molecular flexibility index (Phi) is 7.83. The predicted molar refractivity (Wildman–Crippen MR) is 153 cm³/mol. The Morgan fingerprint density at radius 3 is 2.44 bits per heavy atom. The second kappa shape index (κ2) is 11.3. The summed E-state index contributed by atoms with van der Waals surface area (Å²) in [5, 5.41) is 16.5. The van der Waals surface area contributed by atoms with Gasteiger partial charge in [0.15, 0.2) is 0 Å². The van der Waals surface area contributed by atoms with Crippen molar-refractivity contribution >= 4 is 34.3 Å². The molecule has 1 aliphatic rings. The highest BCUT2D eigenvalue weighted by atomic mass is 19.4. The van der Waals surface area contributed by atoms with Crippen LogP contribution in [0.2, 0.25) is 0 Å². The van der Waals surface area contributed by atoms with Crippen molar-refractivity contribution in [3.63, 3.8) is 0 Å². The summed E-state index contributed by atoms with van der Waals surface area (Å²) in [6.45, 7) is -0.653. The van der Waals surface area contributed by atoms with Gasteiger partial charge in [-0.25, -0.2) is 9.37 Å². The highest BCUT2D eigenvalue weighted by Gasteiger charge is 2.57. The first-order valence-corrected chi connectivity index (χ1v) is 13.4. The number of primary amides is 2. The number of hydrogen-bond donors (Lipinski definition) is 5. The molecule has 0 saturated heterocycles. The number of carbonyl (C=O) groups is 3. The van der Waals surface area contributed by atoms with Gasteiger partial charge in [0, 0.05) is 28.3 Å². The summed E-state index contributed by atoms with van der Waals surface area (Å²) in [4.78, 5) is 45.2. The zero-order chi connectivity index (χ0) is 32.7. The number of aromatic nitrogens is 2. The van der Waals surface area contributed by atoms with Crippen LogP contribution in [0.4, 0.5) is 23.2 Å². The smallest absolute Gasteiger partial charge is 0.424 e. The second-order valence-electron chi connectivity index (χ2n) is 10.7. The molecule has 0 bridgehead atoms. The van der Waals surface area contributed by atoms with E-state index in [1.165, 1.54) is 37.4 Å². The summed E-state index contributed by atoms with van der Waals surface area (Å²) < 4.78 is 63.4. The molecule has 45 heavy (non-hydrogen) atoms. The van der Waals surface area contributed by atoms with Gasteiger partial charge in [0.05, 0.1) is 30.0 Å². The lowest BCUT2D eigenvalue weighted by Gasteiger charge is -2.31. The molecule has 0 spiro atoms. The fourth-order valence-electron chi connectivity index (χ4n) is 4.89. The molecule has 15 heteroatoms. The lowest BCUT2D eigenvalue weighted by atomic mass is 9.81. The van der Waals surface area contributed by atoms with E-state index in [9.17, 15) is 37.1 Å². The fraction of sp³-hybridized carbons (Fsp3) is 0.233. The Bertz CT molecular complexity index is 1830. The Morgan fingerprint density at radius 1 is 1.09 bits per heavy atom. The van der Waals surface area contributed by atoms with E-state index < -0.39 is 53.0 Å². The minimum Gasteiger partial charge on any atom is -0.489 e. The number of amides is 3. The molecule has 11 nitrogen and oxygen atoms in total. The quantitative estimate of drug-likeness (QED) is 0.176. The van der Waals surface area contributed by atoms with Crippen LogP contribution >= 0.6 is 0 Å². The number of rotatable bonds is 9. The van der Waals surface area contributed by atoms with E-state index in [0.29, 0.717) is 10.9 Å². The number of nitrogens with one attached hydrogen (secondary N) is 2. The van der Waals surface area contributed by atoms with Crippen LogP contribution in [0, 0.1) is 5.82 Å². The number of nitrogens with two attached hydrogens (primary N) is 2. The molecule has 0 radical (unpaired) electrons. The third kappa shape index (κ3) is 5.69. The van der Waals surface area contributed by atoms with Crippen molar-refractivity contribution in [3.05, 3.63) is 83.4 Å². The fourth-order valence-corrected chi connectivity index (χ4v) is 4.89. The van der Waals surface area contributed by atoms with Crippen molar-refractivity contribution < 1.29 is 41.8 Å². The standard InChI is InChI=1S/C30H26F4N6O5/c1-28(27(36)43)14-45-25-19(28)11-21(40-24(25)15-4-6-18(31)7-5-15)29(44,30(32,33)34)13-39-26(42)17-9-16-3-2-8-37-23(16)20(10-17)38-12-22(35)41/h2-11,38,44H,12-14H2,1H3,(H2,35,41)(H2,36,43)(H,39,42)/t28-,29?/m0/s1. The largest absolute Gasteiger partial charge is 0.489 e. The Balaban J connectivity index is 1.57. The Hall–Kier alpha value is -5.31. The number of halogens is 4. The number of carbonyl (C=O) groups excluding carboxylic acids is 3. The molecule has 5 rings (SSSR count). The topological polar surface area (TPSA) is 183 Å². The van der Waals surface area contributed by atoms with Gasteiger partial charge in [0.1, 0.15) is 29.3 Å². The highest BCUT2D eigenvalue weighted by molar-refractivity contribution is 6.02. The molecular formula is C30H26F4N6O5. The van der Waals surface area contributed by atoms with Crippen LogP contribution in [0.25, 0.3) is 22.2 Å². The average molecular weight is 627 g/mol. The van der Waals surface area contributed by atoms with Gasteiger partial charge in [-0.2, -0.15) is 13.2 Å². The van der Waals surface area contributed by atoms with Gasteiger partial charge >= 0.3 is 6.18 Å². The first-order chi connectivity index (χ1) is 21.1. The number of pyridine rings is 2. The molecule has 0 fully saturated rings. The lowest BCUT2D eigenvalue weighted by Crippen LogP contribution is -2.51. The van der Waals surface area contributed by atoms with Crippen LogP contribution < -0.4 is 26.8 Å². The van der Waals surface area contributed by atoms with E-state index >= 15 is 0 Å². The average Bonchev–Trinajstić information content (AvgIpc) is 3.35. The van der Waals surface area contributed by atoms with Gasteiger partial charge in [-0.15, -0.1) is 0 Å². The normalized spacial score (nSPS) is 17.2. The summed E-state index contributed by atoms with van der Waals surface area (Å²) in [7, 11) is 0. The summed E-state index contributed by atoms with van der Waals surface area (Å²) in [6.07, 6.45) is -3.93. The van der Waals surface area contributed by atoms with Crippen LogP contribution in [-0.4, -0.2) is 58.7 Å². The van der Waals surface area contributed by atoms with Gasteiger partial charge in [0.2, 0.25) is 17.4 Å². The molecule has 1 aliphatic heterocycles. The molecule has 234 valence electrons. The summed E-state index contributed by atoms with van der Waals surface area (Å²) in [5.41, 5.74) is 4.80. The zero-order valence-corrected chi connectivity index (χ0v) is 23.5. The van der Waals surface area contributed by atoms with Crippen LogP contribution in [0.3, 0.4) is 0 Å². The number of hydrogen-bond acceptors (Lipinski definition) is 8. The van der Waals surface area contributed by atoms with Gasteiger partial charge < -0.3 is 31.9 Å². The minimum absolute atomic E-state index is 0.0546. The molecule has 4 aromatic rings. The summed E-state index contributed by atoms with van der Waals surface area (Å²) in [5.74, 6) is -3.29. The van der Waals surface area contributed by atoms with E-state index in [1.807, 2.05) is 0 Å². The minimum atomic E-state index is -5.40. The molecule has 2 aromatic carbocycles. The maximum absolute atomic E-state index is 14.7. The summed E-state index contributed by atoms with van der Waals surface area (Å²) >= 11 is 0. The Morgan fingerprint density at radius 2 is 1.80 bits per heavy atom. The van der Waals surface area contributed by atoms with Crippen LogP contribution in [0.1, 0.15) is 28.5 Å². The van der Waals surface area contributed by atoms with Crippen molar-refractivity contribution in [2.75, 3.05) is 25.0 Å². The lowest BCUT2D eigenvalue weighted by molar-refractivity contribution is -0.265. The first kappa shape index (κ1) is 31.1. The first-order valence-electron chi connectivity index (χ1n) is 13.4. The number of anilines is 1. The maximum atomic E-state index is 14.7. The van der Waals surface area contributed by atoms with E-state index in [4.69, 9.17) is 16.2 Å². The molecule has 1 unspecified atom stereocenters. The number of benzene rings is 2. The SMILES string of the molecule is C[C@]1(C(N)=O)COc2c1cc(C(O)(CNC(=O)c1cc(NCC(N)=O)c3ncccc3c1)C(F)(F)F)nc2-c1ccc(F)cc1. The number of aliphatic hydroxyl groups is 1. The monoisotopic (exact) mass is 626 g/mol.